The van der Waals surface area contributed by atoms with Gasteiger partial charge in [0.2, 0.25) is 0 Å². The molecule has 0 aliphatic rings. The van der Waals surface area contributed by atoms with Gasteiger partial charge in [-0.05, 0) is 31.2 Å². The highest BCUT2D eigenvalue weighted by molar-refractivity contribution is 6.30. The number of anilines is 1. The Morgan fingerprint density at radius 1 is 1.40 bits per heavy atom. The van der Waals surface area contributed by atoms with Crippen LogP contribution in [0.5, 0.6) is 0 Å². The zero-order valence-corrected chi connectivity index (χ0v) is 10.1. The van der Waals surface area contributed by atoms with Gasteiger partial charge in [-0.2, -0.15) is 0 Å². The second kappa shape index (κ2) is 6.53. The number of carbonyl (C=O) groups excluding carboxylic acids is 1. The van der Waals surface area contributed by atoms with Crippen LogP contribution in [0.1, 0.15) is 6.92 Å². The van der Waals surface area contributed by atoms with Crippen molar-refractivity contribution in [2.45, 2.75) is 13.0 Å². The van der Waals surface area contributed by atoms with Gasteiger partial charge in [-0.3, -0.25) is 0 Å². The number of ether oxygens (including phenoxy) is 1. The highest BCUT2D eigenvalue weighted by atomic mass is 35.5. The minimum atomic E-state index is -0.360. The maximum atomic E-state index is 11.1. The van der Waals surface area contributed by atoms with E-state index in [9.17, 15) is 4.79 Å². The Bertz CT molecular complexity index is 314. The van der Waals surface area contributed by atoms with E-state index in [1.165, 1.54) is 7.11 Å². The van der Waals surface area contributed by atoms with Crippen molar-refractivity contribution in [2.75, 3.05) is 12.4 Å². The number of hydrogen-bond donors (Lipinski definition) is 1. The molecule has 1 rings (SSSR count). The van der Waals surface area contributed by atoms with Gasteiger partial charge in [-0.15, -0.1) is 12.4 Å². The molecule has 1 atom stereocenters. The lowest BCUT2D eigenvalue weighted by atomic mass is 10.2. The molecular formula is C10H13Cl2NO2. The lowest BCUT2D eigenvalue weighted by molar-refractivity contribution is -0.141. The van der Waals surface area contributed by atoms with Gasteiger partial charge in [0.25, 0.3) is 0 Å². The second-order valence-corrected chi connectivity index (χ2v) is 3.33. The summed E-state index contributed by atoms with van der Waals surface area (Å²) in [7, 11) is 1.36. The summed E-state index contributed by atoms with van der Waals surface area (Å²) in [6.07, 6.45) is 0. The standard InChI is InChI=1S/C10H12ClNO2.ClH/c1-7(10(13)14-2)12-9-5-3-8(11)4-6-9;/h3-7,12H,1-2H3;1H. The van der Waals surface area contributed by atoms with Crippen LogP contribution in [0.3, 0.4) is 0 Å². The van der Waals surface area contributed by atoms with E-state index >= 15 is 0 Å². The molecule has 0 fully saturated rings. The maximum Gasteiger partial charge on any atom is 0.327 e. The highest BCUT2D eigenvalue weighted by Crippen LogP contribution is 2.14. The number of methoxy groups -OCH3 is 1. The van der Waals surface area contributed by atoms with Gasteiger partial charge in [0.05, 0.1) is 7.11 Å². The molecule has 3 nitrogen and oxygen atoms in total. The van der Waals surface area contributed by atoms with Crippen LogP contribution in [0.4, 0.5) is 5.69 Å². The number of esters is 1. The average molecular weight is 250 g/mol. The number of benzene rings is 1. The van der Waals surface area contributed by atoms with Crippen LogP contribution >= 0.6 is 24.0 Å². The van der Waals surface area contributed by atoms with Crippen LogP contribution in [0.25, 0.3) is 0 Å². The Balaban J connectivity index is 0.00000196. The maximum absolute atomic E-state index is 11.1. The molecule has 0 bridgehead atoms. The third kappa shape index (κ3) is 4.40. The van der Waals surface area contributed by atoms with Crippen molar-refractivity contribution in [1.82, 2.24) is 0 Å². The zero-order chi connectivity index (χ0) is 10.6. The van der Waals surface area contributed by atoms with Gasteiger partial charge in [0.15, 0.2) is 0 Å². The summed E-state index contributed by atoms with van der Waals surface area (Å²) in [5.74, 6) is -0.292. The van der Waals surface area contributed by atoms with Crippen molar-refractivity contribution in [3.8, 4) is 0 Å². The van der Waals surface area contributed by atoms with E-state index in [0.29, 0.717) is 5.02 Å². The summed E-state index contributed by atoms with van der Waals surface area (Å²) < 4.78 is 4.58. The number of rotatable bonds is 3. The first-order valence-corrected chi connectivity index (χ1v) is 4.61. The molecule has 0 aromatic heterocycles. The zero-order valence-electron chi connectivity index (χ0n) is 8.49. The molecule has 0 spiro atoms. The van der Waals surface area contributed by atoms with Crippen molar-refractivity contribution >= 4 is 35.7 Å². The first-order valence-electron chi connectivity index (χ1n) is 4.23. The molecule has 0 heterocycles. The van der Waals surface area contributed by atoms with Crippen LogP contribution in [-0.4, -0.2) is 19.1 Å². The molecule has 15 heavy (non-hydrogen) atoms. The van der Waals surface area contributed by atoms with E-state index in [4.69, 9.17) is 11.6 Å². The summed E-state index contributed by atoms with van der Waals surface area (Å²) in [4.78, 5) is 11.1. The molecule has 84 valence electrons. The van der Waals surface area contributed by atoms with Crippen molar-refractivity contribution < 1.29 is 9.53 Å². The van der Waals surface area contributed by atoms with Crippen molar-refractivity contribution in [3.63, 3.8) is 0 Å². The molecule has 0 aliphatic carbocycles. The Labute approximate surface area is 100 Å². The van der Waals surface area contributed by atoms with Crippen LogP contribution < -0.4 is 5.32 Å². The minimum Gasteiger partial charge on any atom is -0.467 e. The number of hydrogen-bond acceptors (Lipinski definition) is 3. The predicted molar refractivity (Wildman–Crippen MR) is 63.8 cm³/mol. The van der Waals surface area contributed by atoms with Gasteiger partial charge in [-0.1, -0.05) is 11.6 Å². The summed E-state index contributed by atoms with van der Waals surface area (Å²) in [6, 6.07) is 6.77. The summed E-state index contributed by atoms with van der Waals surface area (Å²) >= 11 is 5.72. The largest absolute Gasteiger partial charge is 0.467 e. The third-order valence-electron chi connectivity index (χ3n) is 1.78. The molecule has 5 heteroatoms. The first kappa shape index (κ1) is 14.1. The minimum absolute atomic E-state index is 0. The van der Waals surface area contributed by atoms with Crippen LogP contribution in [0.2, 0.25) is 5.02 Å². The van der Waals surface area contributed by atoms with Gasteiger partial charge in [0, 0.05) is 10.7 Å². The van der Waals surface area contributed by atoms with Gasteiger partial charge < -0.3 is 10.1 Å². The fraction of sp³-hybridized carbons (Fsp3) is 0.300. The molecule has 0 saturated carbocycles. The van der Waals surface area contributed by atoms with E-state index in [0.717, 1.165) is 5.69 Å². The number of halogens is 2. The molecule has 1 N–H and O–H groups in total. The van der Waals surface area contributed by atoms with E-state index in [1.54, 1.807) is 19.1 Å². The topological polar surface area (TPSA) is 38.3 Å². The Morgan fingerprint density at radius 2 is 1.93 bits per heavy atom. The molecule has 0 amide bonds. The number of nitrogens with one attached hydrogen (secondary N) is 1. The monoisotopic (exact) mass is 249 g/mol. The van der Waals surface area contributed by atoms with Crippen LogP contribution in [-0.2, 0) is 9.53 Å². The smallest absolute Gasteiger partial charge is 0.327 e. The molecule has 0 saturated heterocycles. The fourth-order valence-corrected chi connectivity index (χ4v) is 1.16. The number of carbonyl (C=O) groups is 1. The molecular weight excluding hydrogens is 237 g/mol. The van der Waals surface area contributed by atoms with Crippen LogP contribution in [0, 0.1) is 0 Å². The van der Waals surface area contributed by atoms with E-state index in [1.807, 2.05) is 12.1 Å². The van der Waals surface area contributed by atoms with Gasteiger partial charge in [-0.25, -0.2) is 4.79 Å². The van der Waals surface area contributed by atoms with Gasteiger partial charge >= 0.3 is 5.97 Å². The SMILES string of the molecule is COC(=O)C(C)Nc1ccc(Cl)cc1.Cl. The van der Waals surface area contributed by atoms with Crippen molar-refractivity contribution in [2.24, 2.45) is 0 Å². The molecule has 0 radical (unpaired) electrons. The Morgan fingerprint density at radius 3 is 2.40 bits per heavy atom. The summed E-state index contributed by atoms with van der Waals surface area (Å²) in [5, 5.41) is 3.65. The summed E-state index contributed by atoms with van der Waals surface area (Å²) in [6.45, 7) is 1.74. The normalized spacial score (nSPS) is 11.1. The van der Waals surface area contributed by atoms with Crippen molar-refractivity contribution in [3.05, 3.63) is 29.3 Å². The Hall–Kier alpha value is -0.930. The molecule has 1 aromatic carbocycles. The van der Waals surface area contributed by atoms with E-state index in [2.05, 4.69) is 10.1 Å². The van der Waals surface area contributed by atoms with Crippen LogP contribution in [0.15, 0.2) is 24.3 Å². The fourth-order valence-electron chi connectivity index (χ4n) is 1.03. The quantitative estimate of drug-likeness (QED) is 0.838. The Kier molecular flexibility index (Phi) is 6.13. The lowest BCUT2D eigenvalue weighted by Gasteiger charge is -2.12. The first-order chi connectivity index (χ1) is 6.63. The third-order valence-corrected chi connectivity index (χ3v) is 2.03. The average Bonchev–Trinajstić information content (AvgIpc) is 2.20. The van der Waals surface area contributed by atoms with Gasteiger partial charge in [0.1, 0.15) is 6.04 Å². The van der Waals surface area contributed by atoms with E-state index in [-0.39, 0.29) is 24.4 Å². The second-order valence-electron chi connectivity index (χ2n) is 2.90. The molecule has 1 aromatic rings. The molecule has 0 aliphatic heterocycles. The highest BCUT2D eigenvalue weighted by Gasteiger charge is 2.11. The lowest BCUT2D eigenvalue weighted by Crippen LogP contribution is -2.26. The molecule has 1 unspecified atom stereocenters. The predicted octanol–water partition coefficient (Wildman–Crippen LogP) is 2.74. The van der Waals surface area contributed by atoms with E-state index < -0.39 is 0 Å². The van der Waals surface area contributed by atoms with Crippen molar-refractivity contribution in [1.29, 1.82) is 0 Å². The summed E-state index contributed by atoms with van der Waals surface area (Å²) in [5.41, 5.74) is 0.840.